The maximum Gasteiger partial charge on any atom is 0.334 e. The first kappa shape index (κ1) is 12.2. The molecular weight excluding hydrogens is 224 g/mol. The second kappa shape index (κ2) is 5.87. The van der Waals surface area contributed by atoms with Gasteiger partial charge in [0.1, 0.15) is 12.4 Å². The van der Waals surface area contributed by atoms with E-state index in [0.717, 1.165) is 0 Å². The molecule has 0 atom stereocenters. The van der Waals surface area contributed by atoms with Gasteiger partial charge in [-0.1, -0.05) is 18.2 Å². The molecule has 1 heterocycles. The Morgan fingerprint density at radius 2 is 2.12 bits per heavy atom. The maximum atomic E-state index is 10.4. The van der Waals surface area contributed by atoms with Gasteiger partial charge in [0.15, 0.2) is 0 Å². The number of nitrogens with zero attached hydrogens (tertiary/aromatic N) is 1. The van der Waals surface area contributed by atoms with E-state index < -0.39 is 5.97 Å². The quantitative estimate of drug-likeness (QED) is 0.576. The number of H-pyrrole nitrogens is 1. The molecule has 0 saturated carbocycles. The zero-order chi connectivity index (χ0) is 12.0. The average molecular weight is 236 g/mol. The van der Waals surface area contributed by atoms with Crippen LogP contribution < -0.4 is 4.57 Å². The molecule has 0 bridgehead atoms. The van der Waals surface area contributed by atoms with Gasteiger partial charge in [-0.25, -0.2) is 9.36 Å². The molecule has 0 amide bonds. The fourth-order valence-electron chi connectivity index (χ4n) is 1.01. The molecule has 4 nitrogen and oxygen atoms in total. The van der Waals surface area contributed by atoms with E-state index in [1.54, 1.807) is 18.2 Å². The first-order valence-electron chi connectivity index (χ1n) is 4.58. The predicted molar refractivity (Wildman–Crippen MR) is 61.0 cm³/mol. The van der Waals surface area contributed by atoms with Gasteiger partial charge in [-0.15, -0.1) is 0 Å². The maximum absolute atomic E-state index is 10.4. The molecule has 5 heteroatoms. The minimum Gasteiger partial charge on any atom is -0.779 e. The predicted octanol–water partition coefficient (Wildman–Crippen LogP) is 1.13. The number of rotatable bonds is 1. The number of hydrogen-bond donors (Lipinski definition) is 2. The second-order valence-electron chi connectivity index (χ2n) is 3.08. The Morgan fingerprint density at radius 3 is 2.44 bits per heavy atom. The summed E-state index contributed by atoms with van der Waals surface area (Å²) in [5.41, 5.74) is 0.192. The molecule has 2 N–H and O–H groups in total. The van der Waals surface area contributed by atoms with Crippen LogP contribution in [0.5, 0.6) is 0 Å². The van der Waals surface area contributed by atoms with E-state index in [2.05, 4.69) is 4.98 Å². The Balaban J connectivity index is 0.000000181. The highest BCUT2D eigenvalue weighted by molar-refractivity contribution is 7.58. The van der Waals surface area contributed by atoms with Crippen molar-refractivity contribution in [1.82, 2.24) is 4.98 Å². The third kappa shape index (κ3) is 3.70. The Labute approximate surface area is 99.0 Å². The zero-order valence-corrected chi connectivity index (χ0v) is 9.57. The molecule has 0 saturated heterocycles. The number of aromatic amines is 1. The summed E-state index contributed by atoms with van der Waals surface area (Å²) in [5.74, 6) is -0.967. The number of carboxylic acids is 1. The number of aromatic nitrogens is 2. The number of imidazole rings is 1. The van der Waals surface area contributed by atoms with Crippen LogP contribution in [0.1, 0.15) is 10.4 Å². The van der Waals surface area contributed by atoms with Crippen LogP contribution >= 0.6 is 0 Å². The topological polar surface area (TPSA) is 57.0 Å². The molecule has 0 radical (unpaired) electrons. The summed E-state index contributed by atoms with van der Waals surface area (Å²) in [4.78, 5) is 13.6. The van der Waals surface area contributed by atoms with Gasteiger partial charge in [-0.05, 0) is 6.07 Å². The Morgan fingerprint density at radius 1 is 1.44 bits per heavy atom. The molecule has 0 fully saturated rings. The highest BCUT2D eigenvalue weighted by Gasteiger charge is 1.98. The van der Waals surface area contributed by atoms with Crippen LogP contribution in [0.3, 0.4) is 0 Å². The van der Waals surface area contributed by atoms with Gasteiger partial charge in [-0.3, -0.25) is 4.98 Å². The first-order chi connectivity index (χ1) is 7.61. The SMILES string of the molecule is C[n+]1cc[nH]c1.O=C(O)c1ccccc1[S-]. The molecule has 0 aliphatic carbocycles. The molecule has 84 valence electrons. The van der Waals surface area contributed by atoms with Crippen LogP contribution in [0.2, 0.25) is 0 Å². The first-order valence-corrected chi connectivity index (χ1v) is 4.99. The lowest BCUT2D eigenvalue weighted by Crippen LogP contribution is -2.22. The molecular formula is C11H12N2O2S. The molecule has 2 aromatic rings. The van der Waals surface area contributed by atoms with Crippen molar-refractivity contribution < 1.29 is 14.5 Å². The van der Waals surface area contributed by atoms with E-state index in [1.807, 2.05) is 30.3 Å². The monoisotopic (exact) mass is 236 g/mol. The van der Waals surface area contributed by atoms with E-state index in [9.17, 15) is 4.79 Å². The lowest BCUT2D eigenvalue weighted by molar-refractivity contribution is -0.670. The second-order valence-corrected chi connectivity index (χ2v) is 3.52. The van der Waals surface area contributed by atoms with Gasteiger partial charge in [0, 0.05) is 5.56 Å². The fourth-order valence-corrected chi connectivity index (χ4v) is 1.24. The minimum absolute atomic E-state index is 0.192. The van der Waals surface area contributed by atoms with Crippen molar-refractivity contribution in [3.63, 3.8) is 0 Å². The van der Waals surface area contributed by atoms with Crippen LogP contribution in [0.4, 0.5) is 0 Å². The van der Waals surface area contributed by atoms with Crippen LogP contribution in [-0.2, 0) is 19.7 Å². The van der Waals surface area contributed by atoms with Crippen LogP contribution in [0, 0.1) is 0 Å². The number of aryl methyl sites for hydroxylation is 1. The van der Waals surface area contributed by atoms with Crippen molar-refractivity contribution >= 4 is 18.6 Å². The van der Waals surface area contributed by atoms with Gasteiger partial charge in [0.2, 0.25) is 6.33 Å². The lowest BCUT2D eigenvalue weighted by Gasteiger charge is -2.07. The van der Waals surface area contributed by atoms with E-state index in [4.69, 9.17) is 17.7 Å². The fraction of sp³-hybridized carbons (Fsp3) is 0.0909. The van der Waals surface area contributed by atoms with Crippen molar-refractivity contribution in [2.24, 2.45) is 7.05 Å². The van der Waals surface area contributed by atoms with Crippen LogP contribution in [0.25, 0.3) is 0 Å². The number of hydrogen-bond acceptors (Lipinski definition) is 2. The van der Waals surface area contributed by atoms with Crippen molar-refractivity contribution in [3.8, 4) is 0 Å². The van der Waals surface area contributed by atoms with Crippen LogP contribution in [-0.4, -0.2) is 16.1 Å². The van der Waals surface area contributed by atoms with Gasteiger partial charge in [0.25, 0.3) is 0 Å². The third-order valence-corrected chi connectivity index (χ3v) is 2.16. The number of nitrogens with one attached hydrogen (secondary N) is 1. The van der Waals surface area contributed by atoms with Crippen molar-refractivity contribution in [2.75, 3.05) is 0 Å². The Kier molecular flexibility index (Phi) is 4.47. The molecule has 2 rings (SSSR count). The molecule has 1 aromatic carbocycles. The average Bonchev–Trinajstić information content (AvgIpc) is 2.70. The largest absolute Gasteiger partial charge is 0.779 e. The molecule has 0 spiro atoms. The summed E-state index contributed by atoms with van der Waals surface area (Å²) in [7, 11) is 1.97. The molecule has 0 aliphatic heterocycles. The number of carbonyl (C=O) groups is 1. The third-order valence-electron chi connectivity index (χ3n) is 1.80. The molecule has 16 heavy (non-hydrogen) atoms. The number of aromatic carboxylic acids is 1. The summed E-state index contributed by atoms with van der Waals surface area (Å²) < 4.78 is 1.94. The van der Waals surface area contributed by atoms with E-state index in [0.29, 0.717) is 4.90 Å². The number of benzene rings is 1. The zero-order valence-electron chi connectivity index (χ0n) is 8.75. The summed E-state index contributed by atoms with van der Waals surface area (Å²) in [5, 5.41) is 8.50. The number of carboxylic acid groups (broad SMARTS) is 1. The van der Waals surface area contributed by atoms with E-state index >= 15 is 0 Å². The van der Waals surface area contributed by atoms with E-state index in [-0.39, 0.29) is 5.56 Å². The van der Waals surface area contributed by atoms with Gasteiger partial charge >= 0.3 is 5.97 Å². The normalized spacial score (nSPS) is 9.06. The molecule has 0 unspecified atom stereocenters. The summed E-state index contributed by atoms with van der Waals surface area (Å²) in [6, 6.07) is 6.46. The summed E-state index contributed by atoms with van der Waals surface area (Å²) in [6.45, 7) is 0. The van der Waals surface area contributed by atoms with Crippen LogP contribution in [0.15, 0.2) is 47.9 Å². The van der Waals surface area contributed by atoms with Gasteiger partial charge in [-0.2, -0.15) is 4.90 Å². The highest BCUT2D eigenvalue weighted by atomic mass is 32.1. The van der Waals surface area contributed by atoms with Crippen molar-refractivity contribution in [3.05, 3.63) is 48.5 Å². The molecule has 1 aromatic heterocycles. The Hall–Kier alpha value is -1.88. The molecule has 0 aliphatic rings. The van der Waals surface area contributed by atoms with Crippen molar-refractivity contribution in [1.29, 1.82) is 0 Å². The summed E-state index contributed by atoms with van der Waals surface area (Å²) in [6.07, 6.45) is 5.69. The summed E-state index contributed by atoms with van der Waals surface area (Å²) >= 11 is 4.75. The van der Waals surface area contributed by atoms with Gasteiger partial charge in [0.05, 0.1) is 7.05 Å². The van der Waals surface area contributed by atoms with Gasteiger partial charge < -0.3 is 17.7 Å². The highest BCUT2D eigenvalue weighted by Crippen LogP contribution is 2.06. The Bertz CT molecular complexity index is 455. The van der Waals surface area contributed by atoms with E-state index in [1.165, 1.54) is 6.07 Å². The smallest absolute Gasteiger partial charge is 0.334 e. The van der Waals surface area contributed by atoms with Crippen molar-refractivity contribution in [2.45, 2.75) is 4.90 Å². The lowest BCUT2D eigenvalue weighted by atomic mass is 10.2. The standard InChI is InChI=1S/C7H6O2S.C4H6N2/c8-7(9)5-3-1-2-4-6(5)10;1-6-3-2-5-4-6/h1-4,10H,(H,8,9);2-4H,1H3. The minimum atomic E-state index is -0.967.